The molecular weight excluding hydrogens is 450 g/mol. The molecular formula is C24H20ClNO5S. The molecule has 32 heavy (non-hydrogen) atoms. The van der Waals surface area contributed by atoms with Crippen molar-refractivity contribution >= 4 is 40.4 Å². The van der Waals surface area contributed by atoms with E-state index in [0.717, 1.165) is 10.4 Å². The Morgan fingerprint density at radius 2 is 1.84 bits per heavy atom. The van der Waals surface area contributed by atoms with Crippen molar-refractivity contribution in [2.45, 2.75) is 12.6 Å². The predicted molar refractivity (Wildman–Crippen MR) is 123 cm³/mol. The van der Waals surface area contributed by atoms with E-state index >= 15 is 0 Å². The van der Waals surface area contributed by atoms with Gasteiger partial charge in [-0.1, -0.05) is 35.9 Å². The molecule has 1 fully saturated rings. The summed E-state index contributed by atoms with van der Waals surface area (Å²) in [6, 6.07) is 14.8. The first-order chi connectivity index (χ1) is 15.4. The first-order valence-electron chi connectivity index (χ1n) is 9.73. The average Bonchev–Trinajstić information content (AvgIpc) is 3.41. The van der Waals surface area contributed by atoms with Crippen molar-refractivity contribution in [3.05, 3.63) is 86.6 Å². The quantitative estimate of drug-likeness (QED) is 0.311. The van der Waals surface area contributed by atoms with E-state index in [1.807, 2.05) is 23.6 Å². The molecule has 8 heteroatoms. The molecule has 0 spiro atoms. The van der Waals surface area contributed by atoms with E-state index in [-0.39, 0.29) is 17.9 Å². The number of benzene rings is 2. The summed E-state index contributed by atoms with van der Waals surface area (Å²) >= 11 is 7.48. The number of carbonyl (C=O) groups is 2. The fourth-order valence-corrected chi connectivity index (χ4v) is 4.79. The summed E-state index contributed by atoms with van der Waals surface area (Å²) in [5.41, 5.74) is 1.18. The van der Waals surface area contributed by atoms with Gasteiger partial charge in [-0.25, -0.2) is 0 Å². The second-order valence-electron chi connectivity index (χ2n) is 7.14. The van der Waals surface area contributed by atoms with E-state index in [1.54, 1.807) is 43.5 Å². The summed E-state index contributed by atoms with van der Waals surface area (Å²) < 4.78 is 10.6. The molecule has 1 saturated heterocycles. The van der Waals surface area contributed by atoms with Gasteiger partial charge in [-0.2, -0.15) is 0 Å². The molecule has 1 atom stereocenters. The van der Waals surface area contributed by atoms with E-state index in [4.69, 9.17) is 21.1 Å². The lowest BCUT2D eigenvalue weighted by Gasteiger charge is -2.24. The Morgan fingerprint density at radius 3 is 2.50 bits per heavy atom. The summed E-state index contributed by atoms with van der Waals surface area (Å²) in [5, 5.41) is 13.3. The summed E-state index contributed by atoms with van der Waals surface area (Å²) in [5.74, 6) is -0.579. The highest BCUT2D eigenvalue weighted by Crippen LogP contribution is 2.42. The molecule has 4 rings (SSSR count). The van der Waals surface area contributed by atoms with Crippen LogP contribution in [-0.2, 0) is 16.1 Å². The number of likely N-dealkylation sites (tertiary alicyclic amines) is 1. The van der Waals surface area contributed by atoms with Crippen molar-refractivity contribution in [3.63, 3.8) is 0 Å². The summed E-state index contributed by atoms with van der Waals surface area (Å²) in [6.07, 6.45) is 0. The van der Waals surface area contributed by atoms with Crippen molar-refractivity contribution < 1.29 is 24.2 Å². The third-order valence-corrected chi connectivity index (χ3v) is 6.41. The van der Waals surface area contributed by atoms with Crippen molar-refractivity contribution in [1.82, 2.24) is 4.90 Å². The Morgan fingerprint density at radius 1 is 1.06 bits per heavy atom. The molecule has 0 saturated carbocycles. The SMILES string of the molecule is COc1ccc(CN2C(=O)C(=O)/C(=C(\O)c3cccc(Cl)c3)C2c2cccs2)cc1OC. The van der Waals surface area contributed by atoms with Crippen LogP contribution in [0.1, 0.15) is 22.0 Å². The van der Waals surface area contributed by atoms with Gasteiger partial charge in [0.05, 0.1) is 25.8 Å². The number of nitrogens with zero attached hydrogens (tertiary/aromatic N) is 1. The lowest BCUT2D eigenvalue weighted by Crippen LogP contribution is -2.28. The van der Waals surface area contributed by atoms with E-state index in [9.17, 15) is 14.7 Å². The molecule has 1 N–H and O–H groups in total. The number of hydrogen-bond donors (Lipinski definition) is 1. The van der Waals surface area contributed by atoms with Crippen LogP contribution in [0, 0.1) is 0 Å². The predicted octanol–water partition coefficient (Wildman–Crippen LogP) is 5.04. The van der Waals surface area contributed by atoms with Gasteiger partial charge in [0.15, 0.2) is 11.5 Å². The molecule has 6 nitrogen and oxygen atoms in total. The van der Waals surface area contributed by atoms with Gasteiger partial charge >= 0.3 is 0 Å². The fraction of sp³-hybridized carbons (Fsp3) is 0.167. The summed E-state index contributed by atoms with van der Waals surface area (Å²) in [7, 11) is 3.08. The molecule has 1 aromatic heterocycles. The second kappa shape index (κ2) is 9.06. The van der Waals surface area contributed by atoms with Gasteiger partial charge in [0.25, 0.3) is 11.7 Å². The Balaban J connectivity index is 1.80. The zero-order valence-corrected chi connectivity index (χ0v) is 18.9. The number of aliphatic hydroxyl groups excluding tert-OH is 1. The molecule has 0 aliphatic carbocycles. The van der Waals surface area contributed by atoms with Crippen LogP contribution in [-0.4, -0.2) is 35.9 Å². The molecule has 1 aliphatic rings. The van der Waals surface area contributed by atoms with Gasteiger partial charge in [-0.15, -0.1) is 11.3 Å². The first-order valence-corrected chi connectivity index (χ1v) is 11.0. The maximum Gasteiger partial charge on any atom is 0.295 e. The maximum absolute atomic E-state index is 13.1. The normalized spacial score (nSPS) is 17.6. The molecule has 2 heterocycles. The van der Waals surface area contributed by atoms with E-state index in [0.29, 0.717) is 22.1 Å². The number of thiophene rings is 1. The van der Waals surface area contributed by atoms with Crippen LogP contribution in [0.3, 0.4) is 0 Å². The third-order valence-electron chi connectivity index (χ3n) is 5.25. The van der Waals surface area contributed by atoms with Crippen LogP contribution >= 0.6 is 22.9 Å². The van der Waals surface area contributed by atoms with Crippen LogP contribution in [0.15, 0.2) is 65.6 Å². The minimum atomic E-state index is -0.735. The number of ether oxygens (including phenoxy) is 2. The molecule has 0 bridgehead atoms. The number of carbonyl (C=O) groups excluding carboxylic acids is 2. The largest absolute Gasteiger partial charge is 0.507 e. The van der Waals surface area contributed by atoms with Crippen LogP contribution < -0.4 is 9.47 Å². The average molecular weight is 470 g/mol. The first kappa shape index (κ1) is 21.9. The van der Waals surface area contributed by atoms with E-state index < -0.39 is 17.7 Å². The number of halogens is 1. The minimum Gasteiger partial charge on any atom is -0.507 e. The van der Waals surface area contributed by atoms with Gasteiger partial charge in [0.2, 0.25) is 0 Å². The summed E-state index contributed by atoms with van der Waals surface area (Å²) in [6.45, 7) is 0.153. The number of ketones is 1. The minimum absolute atomic E-state index is 0.0418. The van der Waals surface area contributed by atoms with Crippen molar-refractivity contribution in [2.75, 3.05) is 14.2 Å². The van der Waals surface area contributed by atoms with Gasteiger partial charge < -0.3 is 19.5 Å². The monoisotopic (exact) mass is 469 g/mol. The second-order valence-corrected chi connectivity index (χ2v) is 8.56. The molecule has 2 aromatic carbocycles. The van der Waals surface area contributed by atoms with Crippen LogP contribution in [0.25, 0.3) is 5.76 Å². The van der Waals surface area contributed by atoms with Crippen LogP contribution in [0.2, 0.25) is 5.02 Å². The number of Topliss-reactive ketones (excluding diaryl/α,β-unsaturated/α-hetero) is 1. The zero-order chi connectivity index (χ0) is 22.8. The Bertz CT molecular complexity index is 1200. The molecule has 1 aliphatic heterocycles. The van der Waals surface area contributed by atoms with Gasteiger partial charge in [-0.05, 0) is 41.3 Å². The van der Waals surface area contributed by atoms with Crippen LogP contribution in [0.4, 0.5) is 0 Å². The number of aliphatic hydroxyl groups is 1. The third kappa shape index (κ3) is 3.97. The lowest BCUT2D eigenvalue weighted by atomic mass is 9.99. The van der Waals surface area contributed by atoms with Gasteiger partial charge in [0, 0.05) is 22.0 Å². The molecule has 3 aromatic rings. The van der Waals surface area contributed by atoms with Crippen molar-refractivity contribution in [3.8, 4) is 11.5 Å². The highest BCUT2D eigenvalue weighted by Gasteiger charge is 2.46. The van der Waals surface area contributed by atoms with Crippen molar-refractivity contribution in [1.29, 1.82) is 0 Å². The molecule has 0 radical (unpaired) electrons. The molecule has 1 unspecified atom stereocenters. The number of hydrogen-bond acceptors (Lipinski definition) is 6. The standard InChI is InChI=1S/C24H20ClNO5S/c1-30-17-9-8-14(11-18(17)31-2)13-26-21(19-7-4-10-32-19)20(23(28)24(26)29)22(27)15-5-3-6-16(25)12-15/h3-12,21,27H,13H2,1-2H3/b22-20-. The number of amides is 1. The topological polar surface area (TPSA) is 76.1 Å². The van der Waals surface area contributed by atoms with Crippen LogP contribution in [0.5, 0.6) is 11.5 Å². The fourth-order valence-electron chi connectivity index (χ4n) is 3.75. The summed E-state index contributed by atoms with van der Waals surface area (Å²) in [4.78, 5) is 28.3. The zero-order valence-electron chi connectivity index (χ0n) is 17.4. The maximum atomic E-state index is 13.1. The van der Waals surface area contributed by atoms with E-state index in [2.05, 4.69) is 0 Å². The molecule has 164 valence electrons. The lowest BCUT2D eigenvalue weighted by molar-refractivity contribution is -0.140. The highest BCUT2D eigenvalue weighted by molar-refractivity contribution is 7.10. The van der Waals surface area contributed by atoms with Crippen molar-refractivity contribution in [2.24, 2.45) is 0 Å². The number of rotatable bonds is 6. The Kier molecular flexibility index (Phi) is 6.21. The van der Waals surface area contributed by atoms with Gasteiger partial charge in [0.1, 0.15) is 5.76 Å². The van der Waals surface area contributed by atoms with Gasteiger partial charge in [-0.3, -0.25) is 9.59 Å². The van der Waals surface area contributed by atoms with E-state index in [1.165, 1.54) is 23.3 Å². The smallest absolute Gasteiger partial charge is 0.295 e. The highest BCUT2D eigenvalue weighted by atomic mass is 35.5. The Hall–Kier alpha value is -3.29. The number of methoxy groups -OCH3 is 2. The Labute approximate surface area is 194 Å². The molecule has 1 amide bonds.